The normalized spacial score (nSPS) is 14.2. The van der Waals surface area contributed by atoms with Gasteiger partial charge in [-0.25, -0.2) is 14.5 Å². The van der Waals surface area contributed by atoms with Crippen LogP contribution >= 0.6 is 11.8 Å². The number of thioether (sulfide) groups is 1. The molecule has 0 fully saturated rings. The molecular formula is C26H24N4O2S. The van der Waals surface area contributed by atoms with Crippen LogP contribution in [-0.2, 0) is 17.8 Å². The Morgan fingerprint density at radius 2 is 1.79 bits per heavy atom. The summed E-state index contributed by atoms with van der Waals surface area (Å²) < 4.78 is 1.52. The molecule has 2 aromatic carbocycles. The van der Waals surface area contributed by atoms with Gasteiger partial charge in [-0.15, -0.1) is 0 Å². The van der Waals surface area contributed by atoms with E-state index in [-0.39, 0.29) is 11.5 Å². The molecule has 1 atom stereocenters. The number of nitrogens with zero attached hydrogens (tertiary/aromatic N) is 4. The Morgan fingerprint density at radius 3 is 2.58 bits per heavy atom. The van der Waals surface area contributed by atoms with Gasteiger partial charge in [0.05, 0.1) is 16.2 Å². The highest BCUT2D eigenvalue weighted by atomic mass is 32.2. The predicted octanol–water partition coefficient (Wildman–Crippen LogP) is 4.15. The third kappa shape index (κ3) is 4.16. The van der Waals surface area contributed by atoms with Gasteiger partial charge < -0.3 is 4.90 Å². The highest BCUT2D eigenvalue weighted by Gasteiger charge is 2.27. The third-order valence-corrected chi connectivity index (χ3v) is 6.98. The van der Waals surface area contributed by atoms with Crippen LogP contribution in [0, 0.1) is 6.92 Å². The minimum atomic E-state index is -0.403. The monoisotopic (exact) mass is 456 g/mol. The first-order valence-corrected chi connectivity index (χ1v) is 11.9. The molecule has 1 unspecified atom stereocenters. The zero-order valence-corrected chi connectivity index (χ0v) is 19.4. The van der Waals surface area contributed by atoms with Gasteiger partial charge in [0.1, 0.15) is 5.82 Å². The van der Waals surface area contributed by atoms with Crippen LogP contribution in [0.2, 0.25) is 0 Å². The molecule has 1 amide bonds. The second-order valence-corrected chi connectivity index (χ2v) is 9.59. The molecule has 7 heteroatoms. The summed E-state index contributed by atoms with van der Waals surface area (Å²) in [6, 6.07) is 19.3. The number of aryl methyl sites for hydroxylation is 1. The molecule has 0 N–H and O–H groups in total. The van der Waals surface area contributed by atoms with Crippen molar-refractivity contribution < 1.29 is 4.79 Å². The second kappa shape index (κ2) is 8.83. The van der Waals surface area contributed by atoms with Gasteiger partial charge in [-0.2, -0.15) is 0 Å². The van der Waals surface area contributed by atoms with Gasteiger partial charge in [0.25, 0.3) is 5.56 Å². The van der Waals surface area contributed by atoms with Gasteiger partial charge in [-0.05, 0) is 55.2 Å². The number of amides is 1. The first-order chi connectivity index (χ1) is 16.0. The fourth-order valence-corrected chi connectivity index (χ4v) is 5.13. The molecule has 0 saturated heterocycles. The van der Waals surface area contributed by atoms with E-state index < -0.39 is 5.25 Å². The number of fused-ring (bicyclic) bond motifs is 2. The van der Waals surface area contributed by atoms with E-state index in [9.17, 15) is 9.59 Å². The molecule has 0 spiro atoms. The smallest absolute Gasteiger partial charge is 0.267 e. The number of benzene rings is 2. The predicted molar refractivity (Wildman–Crippen MR) is 131 cm³/mol. The van der Waals surface area contributed by atoms with E-state index in [2.05, 4.69) is 17.1 Å². The summed E-state index contributed by atoms with van der Waals surface area (Å²) in [4.78, 5) is 37.8. The summed E-state index contributed by atoms with van der Waals surface area (Å²) in [5.74, 6) is 0.540. The zero-order valence-electron chi connectivity index (χ0n) is 18.6. The lowest BCUT2D eigenvalue weighted by Gasteiger charge is -2.30. The average Bonchev–Trinajstić information content (AvgIpc) is 2.84. The number of hydrogen-bond acceptors (Lipinski definition) is 5. The first-order valence-electron chi connectivity index (χ1n) is 11.0. The second-order valence-electron chi connectivity index (χ2n) is 8.28. The van der Waals surface area contributed by atoms with Crippen molar-refractivity contribution in [1.29, 1.82) is 0 Å². The molecule has 5 rings (SSSR count). The Balaban J connectivity index is 1.49. The lowest BCUT2D eigenvalue weighted by molar-refractivity contribution is -0.131. The summed E-state index contributed by atoms with van der Waals surface area (Å²) in [6.07, 6.45) is 2.58. The van der Waals surface area contributed by atoms with E-state index in [0.29, 0.717) is 35.0 Å². The van der Waals surface area contributed by atoms with E-state index in [1.54, 1.807) is 12.3 Å². The Hall–Kier alpha value is -3.45. The third-order valence-electron chi connectivity index (χ3n) is 5.94. The maximum atomic E-state index is 13.4. The van der Waals surface area contributed by atoms with Crippen LogP contribution in [0.1, 0.15) is 23.6 Å². The van der Waals surface area contributed by atoms with Crippen molar-refractivity contribution in [2.75, 3.05) is 6.54 Å². The van der Waals surface area contributed by atoms with Crippen LogP contribution in [0.5, 0.6) is 0 Å². The summed E-state index contributed by atoms with van der Waals surface area (Å²) in [7, 11) is 0. The van der Waals surface area contributed by atoms with E-state index in [4.69, 9.17) is 4.98 Å². The molecular weight excluding hydrogens is 432 g/mol. The largest absolute Gasteiger partial charge is 0.337 e. The number of aromatic nitrogens is 3. The Kier molecular flexibility index (Phi) is 5.72. The number of para-hydroxylation sites is 1. The molecule has 4 aromatic rings. The molecule has 0 radical (unpaired) electrons. The van der Waals surface area contributed by atoms with Gasteiger partial charge in [0.2, 0.25) is 5.91 Å². The minimum absolute atomic E-state index is 0.0420. The van der Waals surface area contributed by atoms with Crippen LogP contribution < -0.4 is 5.56 Å². The molecule has 2 aromatic heterocycles. The van der Waals surface area contributed by atoms with Crippen molar-refractivity contribution in [3.63, 3.8) is 0 Å². The summed E-state index contributed by atoms with van der Waals surface area (Å²) >= 11 is 1.30. The topological polar surface area (TPSA) is 68.1 Å². The summed E-state index contributed by atoms with van der Waals surface area (Å²) in [5, 5.41) is 0.587. The van der Waals surface area contributed by atoms with Crippen LogP contribution in [0.15, 0.2) is 76.8 Å². The molecule has 33 heavy (non-hydrogen) atoms. The van der Waals surface area contributed by atoms with Gasteiger partial charge >= 0.3 is 0 Å². The fraction of sp³-hybridized carbons (Fsp3) is 0.231. The van der Waals surface area contributed by atoms with E-state index in [1.807, 2.05) is 61.2 Å². The molecule has 166 valence electrons. The van der Waals surface area contributed by atoms with E-state index in [1.165, 1.54) is 27.5 Å². The van der Waals surface area contributed by atoms with E-state index >= 15 is 0 Å². The maximum absolute atomic E-state index is 13.4. The average molecular weight is 457 g/mol. The van der Waals surface area contributed by atoms with Crippen LogP contribution in [0.25, 0.3) is 16.7 Å². The molecule has 1 aliphatic heterocycles. The van der Waals surface area contributed by atoms with Crippen LogP contribution in [0.3, 0.4) is 0 Å². The standard InChI is InChI=1S/C26H24N4O2S/c1-17-11-12-23(27-15-17)30-25(32)21-9-5-6-10-22(21)28-26(30)33-18(2)24(31)29-14-13-19-7-3-4-8-20(19)16-29/h3-12,15,18H,13-14,16H2,1-2H3. The van der Waals surface area contributed by atoms with Gasteiger partial charge in [-0.1, -0.05) is 54.2 Å². The van der Waals surface area contributed by atoms with Crippen molar-refractivity contribution in [2.45, 2.75) is 37.2 Å². The van der Waals surface area contributed by atoms with Crippen molar-refractivity contribution in [3.8, 4) is 5.82 Å². The lowest BCUT2D eigenvalue weighted by Crippen LogP contribution is -2.40. The first kappa shape index (κ1) is 21.4. The molecule has 1 aliphatic rings. The maximum Gasteiger partial charge on any atom is 0.267 e. The molecule has 0 saturated carbocycles. The van der Waals surface area contributed by atoms with Crippen molar-refractivity contribution in [3.05, 3.63) is 93.9 Å². The van der Waals surface area contributed by atoms with E-state index in [0.717, 1.165) is 12.0 Å². The van der Waals surface area contributed by atoms with Gasteiger partial charge in [0.15, 0.2) is 5.16 Å². The minimum Gasteiger partial charge on any atom is -0.337 e. The van der Waals surface area contributed by atoms with Gasteiger partial charge in [0, 0.05) is 19.3 Å². The molecule has 0 aliphatic carbocycles. The van der Waals surface area contributed by atoms with Crippen molar-refractivity contribution in [2.24, 2.45) is 0 Å². The quantitative estimate of drug-likeness (QED) is 0.341. The molecule has 6 nitrogen and oxygen atoms in total. The molecule has 3 heterocycles. The lowest BCUT2D eigenvalue weighted by atomic mass is 10.00. The number of pyridine rings is 1. The number of rotatable bonds is 4. The van der Waals surface area contributed by atoms with Crippen LogP contribution in [-0.4, -0.2) is 37.1 Å². The Bertz CT molecular complexity index is 1400. The number of hydrogen-bond donors (Lipinski definition) is 0. The SMILES string of the molecule is Cc1ccc(-n2c(SC(C)C(=O)N3CCc4ccccc4C3)nc3ccccc3c2=O)nc1. The summed E-state index contributed by atoms with van der Waals surface area (Å²) in [5.41, 5.74) is 3.92. The van der Waals surface area contributed by atoms with Crippen molar-refractivity contribution in [1.82, 2.24) is 19.4 Å². The molecule has 0 bridgehead atoms. The fourth-order valence-electron chi connectivity index (χ4n) is 4.14. The zero-order chi connectivity index (χ0) is 22.9. The van der Waals surface area contributed by atoms with Crippen LogP contribution in [0.4, 0.5) is 0 Å². The number of carbonyl (C=O) groups is 1. The highest BCUT2D eigenvalue weighted by Crippen LogP contribution is 2.27. The van der Waals surface area contributed by atoms with Gasteiger partial charge in [-0.3, -0.25) is 9.59 Å². The number of carbonyl (C=O) groups excluding carboxylic acids is 1. The Labute approximate surface area is 196 Å². The van der Waals surface area contributed by atoms with Crippen molar-refractivity contribution >= 4 is 28.6 Å². The Morgan fingerprint density at radius 1 is 1.03 bits per heavy atom. The highest BCUT2D eigenvalue weighted by molar-refractivity contribution is 8.00. The summed E-state index contributed by atoms with van der Waals surface area (Å²) in [6.45, 7) is 5.13.